The van der Waals surface area contributed by atoms with E-state index in [9.17, 15) is 4.79 Å². The Morgan fingerprint density at radius 3 is 2.65 bits per heavy atom. The molecule has 3 aliphatic rings. The highest BCUT2D eigenvalue weighted by molar-refractivity contribution is 5.82. The normalized spacial score (nSPS) is 26.5. The molecule has 2 saturated heterocycles. The highest BCUT2D eigenvalue weighted by Gasteiger charge is 2.53. The fourth-order valence-corrected chi connectivity index (χ4v) is 4.19. The topological polar surface area (TPSA) is 32.8 Å². The maximum atomic E-state index is 12.1. The molecule has 4 rings (SSSR count). The van der Waals surface area contributed by atoms with E-state index in [1.54, 1.807) is 0 Å². The van der Waals surface area contributed by atoms with Crippen molar-refractivity contribution in [1.29, 1.82) is 0 Å². The van der Waals surface area contributed by atoms with Crippen LogP contribution < -0.4 is 0 Å². The number of nitrogens with zero attached hydrogens (tertiary/aromatic N) is 2. The summed E-state index contributed by atoms with van der Waals surface area (Å²) >= 11 is 0. The van der Waals surface area contributed by atoms with Gasteiger partial charge in [0.15, 0.2) is 0 Å². The molecule has 2 heterocycles. The molecule has 1 spiro atoms. The number of ether oxygens (including phenoxy) is 1. The van der Waals surface area contributed by atoms with Crippen LogP contribution in [0.25, 0.3) is 0 Å². The molecule has 1 saturated carbocycles. The first-order valence-electron chi connectivity index (χ1n) is 8.76. The van der Waals surface area contributed by atoms with Gasteiger partial charge in [-0.3, -0.25) is 4.79 Å². The lowest BCUT2D eigenvalue weighted by Crippen LogP contribution is -2.59. The average Bonchev–Trinajstić information content (AvgIpc) is 3.31. The largest absolute Gasteiger partial charge is 0.375 e. The summed E-state index contributed by atoms with van der Waals surface area (Å²) < 4.78 is 5.94. The lowest BCUT2D eigenvalue weighted by Gasteiger charge is -2.48. The molecule has 1 aromatic carbocycles. The van der Waals surface area contributed by atoms with Gasteiger partial charge in [0.05, 0.1) is 13.2 Å². The van der Waals surface area contributed by atoms with Gasteiger partial charge in [-0.05, 0) is 31.9 Å². The van der Waals surface area contributed by atoms with E-state index in [1.165, 1.54) is 5.56 Å². The molecule has 0 aromatic heterocycles. The Hall–Kier alpha value is -1.39. The van der Waals surface area contributed by atoms with Crippen molar-refractivity contribution in [2.45, 2.75) is 31.9 Å². The van der Waals surface area contributed by atoms with E-state index in [1.807, 2.05) is 6.07 Å². The molecule has 0 radical (unpaired) electrons. The Labute approximate surface area is 138 Å². The number of benzene rings is 1. The lowest BCUT2D eigenvalue weighted by atomic mass is 9.77. The molecule has 1 unspecified atom stereocenters. The minimum Gasteiger partial charge on any atom is -0.375 e. The lowest BCUT2D eigenvalue weighted by molar-refractivity contribution is -0.144. The molecule has 0 bridgehead atoms. The van der Waals surface area contributed by atoms with Crippen LogP contribution in [0.1, 0.15) is 24.8 Å². The van der Waals surface area contributed by atoms with Gasteiger partial charge in [-0.2, -0.15) is 0 Å². The highest BCUT2D eigenvalue weighted by atomic mass is 16.5. The van der Waals surface area contributed by atoms with Crippen molar-refractivity contribution in [3.63, 3.8) is 0 Å². The van der Waals surface area contributed by atoms with E-state index in [0.29, 0.717) is 29.9 Å². The number of likely N-dealkylation sites (N-methyl/N-ethyl adjacent to an activating group) is 1. The van der Waals surface area contributed by atoms with Gasteiger partial charge in [-0.1, -0.05) is 30.3 Å². The fourth-order valence-electron chi connectivity index (χ4n) is 4.19. The molecule has 4 nitrogen and oxygen atoms in total. The van der Waals surface area contributed by atoms with Crippen molar-refractivity contribution in [2.75, 3.05) is 33.3 Å². The van der Waals surface area contributed by atoms with E-state index in [0.717, 1.165) is 45.5 Å². The molecule has 2 aliphatic heterocycles. The van der Waals surface area contributed by atoms with Crippen LogP contribution in [-0.2, 0) is 16.1 Å². The second-order valence-corrected chi connectivity index (χ2v) is 7.74. The molecule has 1 amide bonds. The molecule has 1 atom stereocenters. The number of rotatable bonds is 5. The van der Waals surface area contributed by atoms with Crippen LogP contribution >= 0.6 is 0 Å². The van der Waals surface area contributed by atoms with Gasteiger partial charge < -0.3 is 14.5 Å². The summed E-state index contributed by atoms with van der Waals surface area (Å²) in [6, 6.07) is 10.8. The van der Waals surface area contributed by atoms with Crippen LogP contribution in [0.2, 0.25) is 0 Å². The Bertz CT molecular complexity index is 564. The fraction of sp³-hybridized carbons (Fsp3) is 0.632. The Kier molecular flexibility index (Phi) is 3.90. The second-order valence-electron chi connectivity index (χ2n) is 7.74. The minimum absolute atomic E-state index is 0.333. The molecule has 0 N–H and O–H groups in total. The Morgan fingerprint density at radius 2 is 1.96 bits per heavy atom. The third-order valence-electron chi connectivity index (χ3n) is 5.59. The summed E-state index contributed by atoms with van der Waals surface area (Å²) in [6.07, 6.45) is 3.38. The first-order valence-corrected chi connectivity index (χ1v) is 8.76. The van der Waals surface area contributed by atoms with Crippen molar-refractivity contribution in [2.24, 2.45) is 11.3 Å². The Balaban J connectivity index is 1.24. The van der Waals surface area contributed by atoms with Gasteiger partial charge in [-0.25, -0.2) is 0 Å². The number of carbonyl (C=O) groups is 1. The van der Waals surface area contributed by atoms with Crippen LogP contribution in [0.15, 0.2) is 30.3 Å². The zero-order valence-electron chi connectivity index (χ0n) is 13.9. The van der Waals surface area contributed by atoms with Crippen molar-refractivity contribution in [3.8, 4) is 0 Å². The summed E-state index contributed by atoms with van der Waals surface area (Å²) in [7, 11) is 2.19. The number of hydrogen-bond donors (Lipinski definition) is 0. The zero-order chi connectivity index (χ0) is 15.9. The average molecular weight is 314 g/mol. The maximum Gasteiger partial charge on any atom is 0.225 e. The van der Waals surface area contributed by atoms with Crippen LogP contribution in [0.5, 0.6) is 0 Å². The zero-order valence-corrected chi connectivity index (χ0v) is 13.9. The summed E-state index contributed by atoms with van der Waals surface area (Å²) in [5.41, 5.74) is 1.56. The van der Waals surface area contributed by atoms with E-state index < -0.39 is 0 Å². The molecule has 23 heavy (non-hydrogen) atoms. The van der Waals surface area contributed by atoms with Gasteiger partial charge in [0.2, 0.25) is 5.91 Å². The summed E-state index contributed by atoms with van der Waals surface area (Å²) in [5.74, 6) is 0.763. The van der Waals surface area contributed by atoms with Crippen molar-refractivity contribution in [3.05, 3.63) is 35.9 Å². The third-order valence-corrected chi connectivity index (χ3v) is 5.59. The number of likely N-dealkylation sites (tertiary alicyclic amines) is 2. The van der Waals surface area contributed by atoms with Crippen LogP contribution in [-0.4, -0.2) is 55.0 Å². The van der Waals surface area contributed by atoms with E-state index in [4.69, 9.17) is 4.74 Å². The third kappa shape index (κ3) is 3.15. The smallest absolute Gasteiger partial charge is 0.225 e. The summed E-state index contributed by atoms with van der Waals surface area (Å²) in [4.78, 5) is 16.6. The summed E-state index contributed by atoms with van der Waals surface area (Å²) in [5, 5.41) is 0. The van der Waals surface area contributed by atoms with Crippen molar-refractivity contribution >= 4 is 5.91 Å². The van der Waals surface area contributed by atoms with Gasteiger partial charge in [0, 0.05) is 37.0 Å². The number of hydrogen-bond acceptors (Lipinski definition) is 3. The standard InChI is InChI=1S/C19H26N2O2/c1-20-12-19(13-21(14-19)18(22)16-7-8-16)9-17(20)11-23-10-15-5-3-2-4-6-15/h2-6,16-17H,7-14H2,1H3. The molecule has 124 valence electrons. The molecular formula is C19H26N2O2. The molecular weight excluding hydrogens is 288 g/mol. The predicted octanol–water partition coefficient (Wildman–Crippen LogP) is 2.15. The van der Waals surface area contributed by atoms with Crippen LogP contribution in [0, 0.1) is 11.3 Å². The maximum absolute atomic E-state index is 12.1. The molecule has 4 heteroatoms. The highest BCUT2D eigenvalue weighted by Crippen LogP contribution is 2.44. The van der Waals surface area contributed by atoms with Crippen molar-refractivity contribution < 1.29 is 9.53 Å². The molecule has 3 fully saturated rings. The number of amides is 1. The molecule has 1 aliphatic carbocycles. The van der Waals surface area contributed by atoms with Gasteiger partial charge in [-0.15, -0.1) is 0 Å². The first-order chi connectivity index (χ1) is 11.2. The van der Waals surface area contributed by atoms with Crippen LogP contribution in [0.4, 0.5) is 0 Å². The predicted molar refractivity (Wildman–Crippen MR) is 88.9 cm³/mol. The first kappa shape index (κ1) is 15.2. The van der Waals surface area contributed by atoms with E-state index >= 15 is 0 Å². The quantitative estimate of drug-likeness (QED) is 0.835. The molecule has 1 aromatic rings. The monoisotopic (exact) mass is 314 g/mol. The summed E-state index contributed by atoms with van der Waals surface area (Å²) in [6.45, 7) is 4.48. The number of carbonyl (C=O) groups excluding carboxylic acids is 1. The van der Waals surface area contributed by atoms with E-state index in [2.05, 4.69) is 41.1 Å². The van der Waals surface area contributed by atoms with E-state index in [-0.39, 0.29) is 0 Å². The second kappa shape index (κ2) is 5.91. The van der Waals surface area contributed by atoms with Gasteiger partial charge in [0.25, 0.3) is 0 Å². The minimum atomic E-state index is 0.333. The van der Waals surface area contributed by atoms with Gasteiger partial charge >= 0.3 is 0 Å². The van der Waals surface area contributed by atoms with Crippen molar-refractivity contribution in [1.82, 2.24) is 9.80 Å². The van der Waals surface area contributed by atoms with Gasteiger partial charge in [0.1, 0.15) is 0 Å². The Morgan fingerprint density at radius 1 is 1.22 bits per heavy atom. The van der Waals surface area contributed by atoms with Crippen LogP contribution in [0.3, 0.4) is 0 Å². The SMILES string of the molecule is CN1CC2(CC1COCc1ccccc1)CN(C(=O)C1CC1)C2.